The van der Waals surface area contributed by atoms with Crippen LogP contribution in [0.1, 0.15) is 23.2 Å². The molecule has 0 saturated carbocycles. The lowest BCUT2D eigenvalue weighted by Crippen LogP contribution is -2.40. The van der Waals surface area contributed by atoms with Crippen LogP contribution >= 0.6 is 0 Å². The van der Waals surface area contributed by atoms with Gasteiger partial charge in [0.05, 0.1) is 0 Å². The summed E-state index contributed by atoms with van der Waals surface area (Å²) in [6, 6.07) is 7.64. The van der Waals surface area contributed by atoms with E-state index in [0.29, 0.717) is 18.0 Å². The van der Waals surface area contributed by atoms with Crippen molar-refractivity contribution in [1.29, 1.82) is 0 Å². The highest BCUT2D eigenvalue weighted by molar-refractivity contribution is 6.00. The maximum absolute atomic E-state index is 12.8. The van der Waals surface area contributed by atoms with Crippen molar-refractivity contribution in [1.82, 2.24) is 14.9 Å². The third-order valence-electron chi connectivity index (χ3n) is 4.26. The van der Waals surface area contributed by atoms with Crippen LogP contribution < -0.4 is 5.73 Å². The van der Waals surface area contributed by atoms with Gasteiger partial charge in [0.25, 0.3) is 5.91 Å². The van der Waals surface area contributed by atoms with Crippen molar-refractivity contribution in [2.24, 2.45) is 11.7 Å². The second kappa shape index (κ2) is 6.66. The number of nitrogens with two attached hydrogens (primary N) is 1. The Morgan fingerprint density at radius 1 is 1.18 bits per heavy atom. The molecule has 2 heterocycles. The highest BCUT2D eigenvalue weighted by atomic mass is 16.2. The van der Waals surface area contributed by atoms with Gasteiger partial charge in [-0.15, -0.1) is 0 Å². The molecule has 0 unspecified atom stereocenters. The molecule has 0 spiro atoms. The predicted molar refractivity (Wildman–Crippen MR) is 85.1 cm³/mol. The molecule has 0 atom stereocenters. The fraction of sp³-hybridized carbons (Fsp3) is 0.353. The number of carbonyl (C=O) groups excluding carboxylic acids is 1. The Kier molecular flexibility index (Phi) is 4.44. The Bertz CT molecular complexity index is 636. The average molecular weight is 296 g/mol. The van der Waals surface area contributed by atoms with E-state index in [9.17, 15) is 4.79 Å². The number of carbonyl (C=O) groups is 1. The number of likely N-dealkylation sites (tertiary alicyclic amines) is 1. The lowest BCUT2D eigenvalue weighted by atomic mass is 9.95. The lowest BCUT2D eigenvalue weighted by Gasteiger charge is -2.31. The number of piperidine rings is 1. The van der Waals surface area contributed by atoms with Gasteiger partial charge in [-0.05, 0) is 36.9 Å². The molecule has 0 aliphatic carbocycles. The van der Waals surface area contributed by atoms with E-state index in [1.165, 1.54) is 6.33 Å². The molecule has 2 N–H and O–H groups in total. The topological polar surface area (TPSA) is 72.1 Å². The summed E-state index contributed by atoms with van der Waals surface area (Å²) in [5.74, 6) is 0.622. The van der Waals surface area contributed by atoms with Gasteiger partial charge in [-0.25, -0.2) is 9.97 Å². The smallest absolute Gasteiger partial charge is 0.254 e. The first-order chi connectivity index (χ1) is 10.8. The molecule has 1 aromatic carbocycles. The van der Waals surface area contributed by atoms with Gasteiger partial charge in [-0.2, -0.15) is 0 Å². The number of benzene rings is 1. The first-order valence-electron chi connectivity index (χ1n) is 7.63. The quantitative estimate of drug-likeness (QED) is 0.939. The molecule has 5 nitrogen and oxygen atoms in total. The molecular formula is C17H20N4O. The Hall–Kier alpha value is -2.27. The van der Waals surface area contributed by atoms with Gasteiger partial charge in [0.1, 0.15) is 6.33 Å². The fourth-order valence-electron chi connectivity index (χ4n) is 2.90. The minimum atomic E-state index is 0.0786. The first kappa shape index (κ1) is 14.7. The van der Waals surface area contributed by atoms with Gasteiger partial charge < -0.3 is 10.6 Å². The molecule has 0 bridgehead atoms. The highest BCUT2D eigenvalue weighted by Crippen LogP contribution is 2.25. The Labute approximate surface area is 130 Å². The standard InChI is InChI=1S/C17H20N4O/c18-9-13-5-7-21(8-6-13)17(22)16-4-2-1-3-15(16)14-10-19-12-20-11-14/h1-4,10-13H,5-9,18H2. The molecule has 2 aromatic rings. The molecule has 1 aromatic heterocycles. The van der Waals surface area contributed by atoms with E-state index in [1.807, 2.05) is 29.2 Å². The first-order valence-corrected chi connectivity index (χ1v) is 7.63. The van der Waals surface area contributed by atoms with Gasteiger partial charge in [-0.3, -0.25) is 4.79 Å². The van der Waals surface area contributed by atoms with Crippen LogP contribution in [0.15, 0.2) is 43.0 Å². The van der Waals surface area contributed by atoms with Crippen molar-refractivity contribution in [3.05, 3.63) is 48.5 Å². The number of amides is 1. The largest absolute Gasteiger partial charge is 0.339 e. The van der Waals surface area contributed by atoms with Crippen molar-refractivity contribution in [2.45, 2.75) is 12.8 Å². The van der Waals surface area contributed by atoms with E-state index in [2.05, 4.69) is 9.97 Å². The molecule has 1 amide bonds. The second-order valence-electron chi connectivity index (χ2n) is 5.64. The van der Waals surface area contributed by atoms with Crippen molar-refractivity contribution in [3.63, 3.8) is 0 Å². The summed E-state index contributed by atoms with van der Waals surface area (Å²) in [6.07, 6.45) is 6.93. The minimum Gasteiger partial charge on any atom is -0.339 e. The van der Waals surface area contributed by atoms with E-state index in [0.717, 1.165) is 37.1 Å². The van der Waals surface area contributed by atoms with Crippen LogP contribution in [-0.2, 0) is 0 Å². The van der Waals surface area contributed by atoms with Crippen molar-refractivity contribution >= 4 is 5.91 Å². The molecule has 3 rings (SSSR count). The minimum absolute atomic E-state index is 0.0786. The summed E-state index contributed by atoms with van der Waals surface area (Å²) in [7, 11) is 0. The van der Waals surface area contributed by atoms with Crippen LogP contribution in [0.3, 0.4) is 0 Å². The SMILES string of the molecule is NCC1CCN(C(=O)c2ccccc2-c2cncnc2)CC1. The Morgan fingerprint density at radius 2 is 1.86 bits per heavy atom. The van der Waals surface area contributed by atoms with Crippen LogP contribution in [0.2, 0.25) is 0 Å². The highest BCUT2D eigenvalue weighted by Gasteiger charge is 2.24. The van der Waals surface area contributed by atoms with Crippen molar-refractivity contribution in [2.75, 3.05) is 19.6 Å². The Balaban J connectivity index is 1.85. The lowest BCUT2D eigenvalue weighted by molar-refractivity contribution is 0.0694. The van der Waals surface area contributed by atoms with E-state index < -0.39 is 0 Å². The van der Waals surface area contributed by atoms with E-state index >= 15 is 0 Å². The summed E-state index contributed by atoms with van der Waals surface area (Å²) >= 11 is 0. The van der Waals surface area contributed by atoms with Gasteiger partial charge in [0.2, 0.25) is 0 Å². The number of nitrogens with zero attached hydrogens (tertiary/aromatic N) is 3. The van der Waals surface area contributed by atoms with Crippen LogP contribution in [0.25, 0.3) is 11.1 Å². The molecule has 114 valence electrons. The third-order valence-corrected chi connectivity index (χ3v) is 4.26. The van der Waals surface area contributed by atoms with Crippen LogP contribution in [-0.4, -0.2) is 40.4 Å². The van der Waals surface area contributed by atoms with Crippen LogP contribution in [0, 0.1) is 5.92 Å². The summed E-state index contributed by atoms with van der Waals surface area (Å²) in [6.45, 7) is 2.26. The third kappa shape index (κ3) is 2.99. The average Bonchev–Trinajstić information content (AvgIpc) is 2.62. The maximum Gasteiger partial charge on any atom is 0.254 e. The van der Waals surface area contributed by atoms with Crippen LogP contribution in [0.4, 0.5) is 0 Å². The summed E-state index contributed by atoms with van der Waals surface area (Å²) < 4.78 is 0. The van der Waals surface area contributed by atoms with Gasteiger partial charge >= 0.3 is 0 Å². The van der Waals surface area contributed by atoms with Gasteiger partial charge in [0, 0.05) is 36.6 Å². The molecule has 1 saturated heterocycles. The normalized spacial score (nSPS) is 15.8. The summed E-state index contributed by atoms with van der Waals surface area (Å²) in [4.78, 5) is 22.9. The molecule has 1 fully saturated rings. The van der Waals surface area contributed by atoms with E-state index in [1.54, 1.807) is 12.4 Å². The van der Waals surface area contributed by atoms with Crippen LogP contribution in [0.5, 0.6) is 0 Å². The predicted octanol–water partition coefficient (Wildman–Crippen LogP) is 1.95. The monoisotopic (exact) mass is 296 g/mol. The zero-order valence-corrected chi connectivity index (χ0v) is 12.5. The van der Waals surface area contributed by atoms with E-state index in [-0.39, 0.29) is 5.91 Å². The van der Waals surface area contributed by atoms with Crippen molar-refractivity contribution < 1.29 is 4.79 Å². The molecular weight excluding hydrogens is 276 g/mol. The zero-order valence-electron chi connectivity index (χ0n) is 12.5. The van der Waals surface area contributed by atoms with E-state index in [4.69, 9.17) is 5.73 Å². The molecule has 1 aliphatic heterocycles. The number of rotatable bonds is 3. The Morgan fingerprint density at radius 3 is 2.55 bits per heavy atom. The number of hydrogen-bond acceptors (Lipinski definition) is 4. The number of aromatic nitrogens is 2. The summed E-state index contributed by atoms with van der Waals surface area (Å²) in [5.41, 5.74) is 8.18. The van der Waals surface area contributed by atoms with Gasteiger partial charge in [0.15, 0.2) is 0 Å². The fourth-order valence-corrected chi connectivity index (χ4v) is 2.90. The van der Waals surface area contributed by atoms with Crippen molar-refractivity contribution in [3.8, 4) is 11.1 Å². The molecule has 0 radical (unpaired) electrons. The maximum atomic E-state index is 12.8. The molecule has 1 aliphatic rings. The molecule has 5 heteroatoms. The zero-order chi connectivity index (χ0) is 15.4. The summed E-state index contributed by atoms with van der Waals surface area (Å²) in [5, 5.41) is 0. The molecule has 22 heavy (non-hydrogen) atoms. The number of hydrogen-bond donors (Lipinski definition) is 1. The van der Waals surface area contributed by atoms with Gasteiger partial charge in [-0.1, -0.05) is 18.2 Å². The second-order valence-corrected chi connectivity index (χ2v) is 5.64.